The first-order valence-electron chi connectivity index (χ1n) is 6.60. The highest BCUT2D eigenvalue weighted by Gasteiger charge is 2.15. The molecule has 0 fully saturated rings. The van der Waals surface area contributed by atoms with Crippen LogP contribution in [-0.2, 0) is 0 Å². The van der Waals surface area contributed by atoms with Gasteiger partial charge in [0, 0.05) is 18.0 Å². The minimum atomic E-state index is -0.0996. The molecule has 0 N–H and O–H groups in total. The van der Waals surface area contributed by atoms with Crippen LogP contribution >= 0.6 is 0 Å². The summed E-state index contributed by atoms with van der Waals surface area (Å²) in [4.78, 5) is 16.5. The van der Waals surface area contributed by atoms with Gasteiger partial charge < -0.3 is 9.47 Å². The standard InChI is InChI=1S/C16H17NO3/c1-3-19-13-5-6-15(20-4-2)14(11-13)16(18)12-7-9-17-10-8-12/h5-11H,3-4H2,1-2H3. The van der Waals surface area contributed by atoms with Crippen LogP contribution in [0, 0.1) is 0 Å². The number of rotatable bonds is 6. The molecule has 0 saturated carbocycles. The number of hydrogen-bond acceptors (Lipinski definition) is 4. The van der Waals surface area contributed by atoms with Crippen LogP contribution in [0.5, 0.6) is 11.5 Å². The number of ether oxygens (including phenoxy) is 2. The molecule has 1 heterocycles. The number of nitrogens with zero attached hydrogens (tertiary/aromatic N) is 1. The van der Waals surface area contributed by atoms with E-state index in [1.165, 1.54) is 0 Å². The van der Waals surface area contributed by atoms with Crippen LogP contribution in [0.25, 0.3) is 0 Å². The molecule has 1 aromatic carbocycles. The van der Waals surface area contributed by atoms with Crippen molar-refractivity contribution in [2.75, 3.05) is 13.2 Å². The number of hydrogen-bond donors (Lipinski definition) is 0. The van der Waals surface area contributed by atoms with Crippen LogP contribution in [0.2, 0.25) is 0 Å². The molecule has 1 aromatic heterocycles. The van der Waals surface area contributed by atoms with Gasteiger partial charge in [0.15, 0.2) is 5.78 Å². The smallest absolute Gasteiger partial charge is 0.196 e. The predicted molar refractivity (Wildman–Crippen MR) is 76.4 cm³/mol. The predicted octanol–water partition coefficient (Wildman–Crippen LogP) is 3.11. The number of pyridine rings is 1. The van der Waals surface area contributed by atoms with Gasteiger partial charge in [0.25, 0.3) is 0 Å². The summed E-state index contributed by atoms with van der Waals surface area (Å²) in [6.07, 6.45) is 3.19. The molecule has 0 bridgehead atoms. The number of benzene rings is 1. The highest BCUT2D eigenvalue weighted by Crippen LogP contribution is 2.26. The van der Waals surface area contributed by atoms with E-state index < -0.39 is 0 Å². The maximum atomic E-state index is 12.5. The molecule has 4 nitrogen and oxygen atoms in total. The highest BCUT2D eigenvalue weighted by molar-refractivity contribution is 6.10. The Kier molecular flexibility index (Phi) is 4.71. The minimum Gasteiger partial charge on any atom is -0.494 e. The van der Waals surface area contributed by atoms with E-state index in [9.17, 15) is 4.79 Å². The van der Waals surface area contributed by atoms with Crippen molar-refractivity contribution < 1.29 is 14.3 Å². The summed E-state index contributed by atoms with van der Waals surface area (Å²) in [5.74, 6) is 1.13. The highest BCUT2D eigenvalue weighted by atomic mass is 16.5. The normalized spacial score (nSPS) is 10.1. The average molecular weight is 271 g/mol. The Labute approximate surface area is 118 Å². The lowest BCUT2D eigenvalue weighted by molar-refractivity contribution is 0.103. The van der Waals surface area contributed by atoms with Crippen molar-refractivity contribution in [2.24, 2.45) is 0 Å². The Balaban J connectivity index is 2.41. The van der Waals surface area contributed by atoms with E-state index >= 15 is 0 Å². The molecule has 0 spiro atoms. The quantitative estimate of drug-likeness (QED) is 0.757. The monoisotopic (exact) mass is 271 g/mol. The van der Waals surface area contributed by atoms with Gasteiger partial charge in [-0.2, -0.15) is 0 Å². The Morgan fingerprint density at radius 1 is 1.05 bits per heavy atom. The second kappa shape index (κ2) is 6.70. The molecule has 0 saturated heterocycles. The lowest BCUT2D eigenvalue weighted by Crippen LogP contribution is -2.06. The van der Waals surface area contributed by atoms with E-state index in [1.807, 2.05) is 13.8 Å². The molecule has 20 heavy (non-hydrogen) atoms. The fourth-order valence-corrected chi connectivity index (χ4v) is 1.88. The van der Waals surface area contributed by atoms with Crippen LogP contribution in [0.15, 0.2) is 42.7 Å². The molecular weight excluding hydrogens is 254 g/mol. The number of carbonyl (C=O) groups is 1. The fourth-order valence-electron chi connectivity index (χ4n) is 1.88. The average Bonchev–Trinajstić information content (AvgIpc) is 2.49. The third-order valence-electron chi connectivity index (χ3n) is 2.75. The summed E-state index contributed by atoms with van der Waals surface area (Å²) < 4.78 is 11.0. The van der Waals surface area contributed by atoms with Gasteiger partial charge >= 0.3 is 0 Å². The number of aromatic nitrogens is 1. The van der Waals surface area contributed by atoms with Crippen LogP contribution in [-0.4, -0.2) is 24.0 Å². The summed E-state index contributed by atoms with van der Waals surface area (Å²) >= 11 is 0. The number of ketones is 1. The van der Waals surface area contributed by atoms with Crippen LogP contribution in [0.4, 0.5) is 0 Å². The first kappa shape index (κ1) is 14.1. The molecule has 0 radical (unpaired) electrons. The largest absolute Gasteiger partial charge is 0.494 e. The van der Waals surface area contributed by atoms with Crippen LogP contribution in [0.3, 0.4) is 0 Å². The molecule has 0 atom stereocenters. The zero-order valence-electron chi connectivity index (χ0n) is 11.6. The topological polar surface area (TPSA) is 48.4 Å². The summed E-state index contributed by atoms with van der Waals surface area (Å²) in [5.41, 5.74) is 1.08. The van der Waals surface area contributed by atoms with Gasteiger partial charge in [-0.3, -0.25) is 9.78 Å². The fraction of sp³-hybridized carbons (Fsp3) is 0.250. The zero-order chi connectivity index (χ0) is 14.4. The van der Waals surface area contributed by atoms with E-state index in [1.54, 1.807) is 42.7 Å². The van der Waals surface area contributed by atoms with Crippen LogP contribution < -0.4 is 9.47 Å². The molecule has 0 unspecified atom stereocenters. The van der Waals surface area contributed by atoms with E-state index in [0.29, 0.717) is 35.8 Å². The molecule has 0 aliphatic rings. The maximum Gasteiger partial charge on any atom is 0.196 e. The van der Waals surface area contributed by atoms with Crippen molar-refractivity contribution in [1.29, 1.82) is 0 Å². The van der Waals surface area contributed by atoms with Crippen molar-refractivity contribution in [1.82, 2.24) is 4.98 Å². The third-order valence-corrected chi connectivity index (χ3v) is 2.75. The molecule has 0 aliphatic heterocycles. The molecule has 2 rings (SSSR count). The molecule has 0 amide bonds. The van der Waals surface area contributed by atoms with Gasteiger partial charge in [0.1, 0.15) is 11.5 Å². The zero-order valence-corrected chi connectivity index (χ0v) is 11.6. The molecule has 104 valence electrons. The van der Waals surface area contributed by atoms with Gasteiger partial charge in [0.2, 0.25) is 0 Å². The van der Waals surface area contributed by atoms with E-state index in [2.05, 4.69) is 4.98 Å². The Bertz CT molecular complexity index is 582. The van der Waals surface area contributed by atoms with Crippen molar-refractivity contribution >= 4 is 5.78 Å². The van der Waals surface area contributed by atoms with E-state index in [4.69, 9.17) is 9.47 Å². The molecular formula is C16H17NO3. The summed E-state index contributed by atoms with van der Waals surface area (Å²) in [6, 6.07) is 8.66. The van der Waals surface area contributed by atoms with Gasteiger partial charge in [-0.1, -0.05) is 0 Å². The molecule has 0 aliphatic carbocycles. The van der Waals surface area contributed by atoms with Crippen LogP contribution in [0.1, 0.15) is 29.8 Å². The summed E-state index contributed by atoms with van der Waals surface area (Å²) in [7, 11) is 0. The van der Waals surface area contributed by atoms with Crippen molar-refractivity contribution in [3.8, 4) is 11.5 Å². The second-order valence-corrected chi connectivity index (χ2v) is 4.09. The van der Waals surface area contributed by atoms with Gasteiger partial charge in [-0.15, -0.1) is 0 Å². The SMILES string of the molecule is CCOc1ccc(OCC)c(C(=O)c2ccncc2)c1. The Hall–Kier alpha value is -2.36. The first-order valence-corrected chi connectivity index (χ1v) is 6.60. The summed E-state index contributed by atoms with van der Waals surface area (Å²) in [5, 5.41) is 0. The second-order valence-electron chi connectivity index (χ2n) is 4.09. The van der Waals surface area contributed by atoms with Crippen molar-refractivity contribution in [3.05, 3.63) is 53.9 Å². The van der Waals surface area contributed by atoms with Gasteiger partial charge in [-0.05, 0) is 44.2 Å². The molecule has 2 aromatic rings. The maximum absolute atomic E-state index is 12.5. The van der Waals surface area contributed by atoms with Gasteiger partial charge in [0.05, 0.1) is 18.8 Å². The van der Waals surface area contributed by atoms with E-state index in [0.717, 1.165) is 0 Å². The van der Waals surface area contributed by atoms with Crippen molar-refractivity contribution in [2.45, 2.75) is 13.8 Å². The Morgan fingerprint density at radius 3 is 2.40 bits per heavy atom. The lowest BCUT2D eigenvalue weighted by Gasteiger charge is -2.11. The number of carbonyl (C=O) groups excluding carboxylic acids is 1. The lowest BCUT2D eigenvalue weighted by atomic mass is 10.0. The van der Waals surface area contributed by atoms with Gasteiger partial charge in [-0.25, -0.2) is 0 Å². The van der Waals surface area contributed by atoms with Crippen molar-refractivity contribution in [3.63, 3.8) is 0 Å². The summed E-state index contributed by atoms with van der Waals surface area (Å²) in [6.45, 7) is 4.85. The van der Waals surface area contributed by atoms with E-state index in [-0.39, 0.29) is 5.78 Å². The Morgan fingerprint density at radius 2 is 1.75 bits per heavy atom. The molecule has 4 heteroatoms. The first-order chi connectivity index (χ1) is 9.76. The minimum absolute atomic E-state index is 0.0996. The third kappa shape index (κ3) is 3.15.